The van der Waals surface area contributed by atoms with E-state index in [1.165, 1.54) is 31.2 Å². The summed E-state index contributed by atoms with van der Waals surface area (Å²) in [4.78, 5) is 31.0. The number of nitrogens with one attached hydrogen (secondary N) is 1. The first-order valence-corrected chi connectivity index (χ1v) is 13.6. The standard InChI is InChI=1S/C29H25N3O5S/c1-18(28(33)31-21-12-14-22(15-13-21)38(30,35)36)37-29(34)26-23-9-5-6-10-25(23)32-27-20(11-16-24(26)27)17-19-7-3-2-4-8-19/h2-10,12-15,17-18H,11,16H2,1H3,(H,31,33)(H2,30,35,36)/b20-17+/t18-/m0/s1. The van der Waals surface area contributed by atoms with Gasteiger partial charge in [-0.3, -0.25) is 4.79 Å². The van der Waals surface area contributed by atoms with Gasteiger partial charge in [-0.05, 0) is 72.9 Å². The van der Waals surface area contributed by atoms with Crippen molar-refractivity contribution >= 4 is 50.1 Å². The van der Waals surface area contributed by atoms with E-state index in [9.17, 15) is 18.0 Å². The average molecular weight is 528 g/mol. The number of amides is 1. The van der Waals surface area contributed by atoms with Gasteiger partial charge in [0.05, 0.1) is 21.7 Å². The van der Waals surface area contributed by atoms with Crippen LogP contribution in [-0.2, 0) is 26.0 Å². The lowest BCUT2D eigenvalue weighted by Crippen LogP contribution is -2.30. The fraction of sp³-hybridized carbons (Fsp3) is 0.138. The monoisotopic (exact) mass is 527 g/mol. The van der Waals surface area contributed by atoms with Crippen molar-refractivity contribution in [3.05, 3.63) is 101 Å². The van der Waals surface area contributed by atoms with E-state index >= 15 is 0 Å². The molecule has 1 aliphatic rings. The summed E-state index contributed by atoms with van der Waals surface area (Å²) in [6.45, 7) is 1.48. The Kier molecular flexibility index (Phi) is 6.79. The van der Waals surface area contributed by atoms with Crippen molar-refractivity contribution in [1.29, 1.82) is 0 Å². The topological polar surface area (TPSA) is 128 Å². The van der Waals surface area contributed by atoms with E-state index in [2.05, 4.69) is 11.4 Å². The van der Waals surface area contributed by atoms with Gasteiger partial charge in [0.25, 0.3) is 5.91 Å². The van der Waals surface area contributed by atoms with Gasteiger partial charge in [0.1, 0.15) is 0 Å². The van der Waals surface area contributed by atoms with Crippen LogP contribution in [0.15, 0.2) is 83.8 Å². The highest BCUT2D eigenvalue weighted by Gasteiger charge is 2.29. The van der Waals surface area contributed by atoms with Gasteiger partial charge in [0, 0.05) is 11.1 Å². The molecule has 1 aliphatic carbocycles. The lowest BCUT2D eigenvalue weighted by molar-refractivity contribution is -0.123. The first kappa shape index (κ1) is 25.3. The fourth-order valence-electron chi connectivity index (χ4n) is 4.51. The average Bonchev–Trinajstić information content (AvgIpc) is 3.29. The summed E-state index contributed by atoms with van der Waals surface area (Å²) >= 11 is 0. The Balaban J connectivity index is 1.41. The molecule has 1 atom stereocenters. The van der Waals surface area contributed by atoms with Crippen LogP contribution in [0.2, 0.25) is 0 Å². The van der Waals surface area contributed by atoms with Crippen molar-refractivity contribution in [3.63, 3.8) is 0 Å². The number of anilines is 1. The summed E-state index contributed by atoms with van der Waals surface area (Å²) in [5.41, 5.74) is 5.10. The molecule has 0 unspecified atom stereocenters. The number of para-hydroxylation sites is 1. The van der Waals surface area contributed by atoms with Crippen molar-refractivity contribution in [1.82, 2.24) is 4.98 Å². The lowest BCUT2D eigenvalue weighted by atomic mass is 10.0. The Hall–Kier alpha value is -4.34. The number of nitrogens with two attached hydrogens (primary N) is 1. The number of primary sulfonamides is 1. The van der Waals surface area contributed by atoms with E-state index in [0.717, 1.165) is 28.8 Å². The molecule has 3 N–H and O–H groups in total. The molecule has 3 aromatic carbocycles. The number of carbonyl (C=O) groups excluding carboxylic acids is 2. The van der Waals surface area contributed by atoms with Gasteiger partial charge >= 0.3 is 5.97 Å². The maximum absolute atomic E-state index is 13.5. The number of rotatable bonds is 6. The third kappa shape index (κ3) is 5.20. The number of hydrogen-bond acceptors (Lipinski definition) is 6. The number of nitrogens with zero attached hydrogens (tertiary/aromatic N) is 1. The Morgan fingerprint density at radius 3 is 2.37 bits per heavy atom. The predicted molar refractivity (Wildman–Crippen MR) is 146 cm³/mol. The number of hydrogen-bond donors (Lipinski definition) is 2. The molecule has 0 fully saturated rings. The van der Waals surface area contributed by atoms with Gasteiger partial charge in [-0.2, -0.15) is 0 Å². The molecule has 0 aliphatic heterocycles. The van der Waals surface area contributed by atoms with Crippen molar-refractivity contribution in [3.8, 4) is 0 Å². The maximum atomic E-state index is 13.5. The number of esters is 1. The molecule has 1 aromatic heterocycles. The highest BCUT2D eigenvalue weighted by molar-refractivity contribution is 7.89. The van der Waals surface area contributed by atoms with Crippen LogP contribution in [0, 0.1) is 0 Å². The van der Waals surface area contributed by atoms with E-state index in [4.69, 9.17) is 14.9 Å². The fourth-order valence-corrected chi connectivity index (χ4v) is 5.02. The van der Waals surface area contributed by atoms with Gasteiger partial charge < -0.3 is 10.1 Å². The largest absolute Gasteiger partial charge is 0.449 e. The van der Waals surface area contributed by atoms with E-state index < -0.39 is 28.0 Å². The summed E-state index contributed by atoms with van der Waals surface area (Å²) in [6, 6.07) is 22.7. The van der Waals surface area contributed by atoms with Crippen molar-refractivity contribution in [2.75, 3.05) is 5.32 Å². The lowest BCUT2D eigenvalue weighted by Gasteiger charge is -2.16. The van der Waals surface area contributed by atoms with E-state index in [1.807, 2.05) is 54.6 Å². The Bertz CT molecular complexity index is 1680. The molecule has 0 saturated carbocycles. The summed E-state index contributed by atoms with van der Waals surface area (Å²) in [5, 5.41) is 8.41. The summed E-state index contributed by atoms with van der Waals surface area (Å²) in [7, 11) is -3.85. The Labute approximate surface area is 220 Å². The number of aromatic nitrogens is 1. The van der Waals surface area contributed by atoms with E-state index in [1.54, 1.807) is 0 Å². The number of fused-ring (bicyclic) bond motifs is 2. The minimum Gasteiger partial charge on any atom is -0.449 e. The zero-order valence-electron chi connectivity index (χ0n) is 20.5. The minimum absolute atomic E-state index is 0.0749. The summed E-state index contributed by atoms with van der Waals surface area (Å²) in [5.74, 6) is -1.16. The molecule has 9 heteroatoms. The van der Waals surface area contributed by atoms with Crippen LogP contribution >= 0.6 is 0 Å². The number of pyridine rings is 1. The molecule has 38 heavy (non-hydrogen) atoms. The zero-order valence-corrected chi connectivity index (χ0v) is 21.4. The van der Waals surface area contributed by atoms with Crippen LogP contribution in [0.25, 0.3) is 22.6 Å². The summed E-state index contributed by atoms with van der Waals surface area (Å²) in [6.07, 6.45) is 2.34. The number of benzene rings is 3. The molecule has 8 nitrogen and oxygen atoms in total. The molecule has 0 bridgehead atoms. The highest BCUT2D eigenvalue weighted by atomic mass is 32.2. The normalized spacial score (nSPS) is 14.7. The first-order valence-electron chi connectivity index (χ1n) is 12.0. The van der Waals surface area contributed by atoms with Crippen molar-refractivity contribution < 1.29 is 22.7 Å². The van der Waals surface area contributed by atoms with Gasteiger partial charge in [-0.15, -0.1) is 0 Å². The third-order valence-electron chi connectivity index (χ3n) is 6.39. The van der Waals surface area contributed by atoms with Gasteiger partial charge in [0.15, 0.2) is 6.10 Å². The van der Waals surface area contributed by atoms with Gasteiger partial charge in [-0.1, -0.05) is 48.5 Å². The molecule has 5 rings (SSSR count). The third-order valence-corrected chi connectivity index (χ3v) is 7.32. The summed E-state index contributed by atoms with van der Waals surface area (Å²) < 4.78 is 28.5. The number of sulfonamides is 1. The van der Waals surface area contributed by atoms with Crippen molar-refractivity contribution in [2.45, 2.75) is 30.8 Å². The molecule has 192 valence electrons. The molecular formula is C29H25N3O5S. The molecule has 4 aromatic rings. The maximum Gasteiger partial charge on any atom is 0.339 e. The zero-order chi connectivity index (χ0) is 26.9. The predicted octanol–water partition coefficient (Wildman–Crippen LogP) is 4.55. The Morgan fingerprint density at radius 2 is 1.66 bits per heavy atom. The van der Waals surface area contributed by atoms with Crippen LogP contribution in [0.5, 0.6) is 0 Å². The quantitative estimate of drug-likeness (QED) is 0.354. The minimum atomic E-state index is -3.85. The highest BCUT2D eigenvalue weighted by Crippen LogP contribution is 2.38. The van der Waals surface area contributed by atoms with Gasteiger partial charge in [-0.25, -0.2) is 23.3 Å². The molecule has 0 radical (unpaired) electrons. The second-order valence-electron chi connectivity index (χ2n) is 9.02. The van der Waals surface area contributed by atoms with E-state index in [-0.39, 0.29) is 4.90 Å². The van der Waals surface area contributed by atoms with Crippen LogP contribution in [0.3, 0.4) is 0 Å². The van der Waals surface area contributed by atoms with Crippen LogP contribution in [0.4, 0.5) is 5.69 Å². The second-order valence-corrected chi connectivity index (χ2v) is 10.6. The van der Waals surface area contributed by atoms with Crippen LogP contribution in [-0.4, -0.2) is 31.4 Å². The number of allylic oxidation sites excluding steroid dienone is 1. The van der Waals surface area contributed by atoms with Crippen molar-refractivity contribution in [2.24, 2.45) is 5.14 Å². The van der Waals surface area contributed by atoms with Gasteiger partial charge in [0.2, 0.25) is 10.0 Å². The number of carbonyl (C=O) groups is 2. The molecule has 1 amide bonds. The van der Waals surface area contributed by atoms with Crippen LogP contribution < -0.4 is 10.5 Å². The molecular weight excluding hydrogens is 502 g/mol. The molecule has 1 heterocycles. The van der Waals surface area contributed by atoms with Crippen LogP contribution in [0.1, 0.15) is 40.5 Å². The van der Waals surface area contributed by atoms with E-state index in [0.29, 0.717) is 28.6 Å². The Morgan fingerprint density at radius 1 is 0.974 bits per heavy atom. The molecule has 0 spiro atoms. The second kappa shape index (κ2) is 10.2. The first-order chi connectivity index (χ1) is 18.2. The molecule has 0 saturated heterocycles. The SMILES string of the molecule is C[C@H](OC(=O)c1c2c(nc3ccccc13)/C(=C/c1ccccc1)CC2)C(=O)Nc1ccc(S(N)(=O)=O)cc1. The smallest absolute Gasteiger partial charge is 0.339 e. The number of ether oxygens (including phenoxy) is 1.